The molecule has 7 heteroatoms. The van der Waals surface area contributed by atoms with Gasteiger partial charge in [-0.05, 0) is 38.0 Å². The highest BCUT2D eigenvalue weighted by Crippen LogP contribution is 2.29. The second kappa shape index (κ2) is 8.03. The number of carbonyl (C=O) groups excluding carboxylic acids is 2. The number of methoxy groups -OCH3 is 1. The lowest BCUT2D eigenvalue weighted by molar-refractivity contribution is -0.308. The van der Waals surface area contributed by atoms with E-state index in [1.54, 1.807) is 32.9 Å². The van der Waals surface area contributed by atoms with Gasteiger partial charge in [-0.3, -0.25) is 4.79 Å². The fraction of sp³-hybridized carbons (Fsp3) is 0.421. The standard InChI is InChI=1S/C19H23NO6/c1-5-6-14(18(22)23)20-16(21)9-13-10(2)12-7-8-15(25-4)11(3)17(12)26-19(13)24/h7-8,14H,5-6,9H2,1-4H3,(H,20,21)(H,22,23)/p-1/t14-/m0/s1. The Bertz CT molecular complexity index is 899. The molecule has 140 valence electrons. The Labute approximate surface area is 151 Å². The molecule has 0 radical (unpaired) electrons. The maximum atomic E-state index is 12.4. The second-order valence-electron chi connectivity index (χ2n) is 6.17. The molecule has 1 amide bonds. The normalized spacial score (nSPS) is 12.0. The number of hydrogen-bond acceptors (Lipinski definition) is 6. The summed E-state index contributed by atoms with van der Waals surface area (Å²) in [4.78, 5) is 35.6. The average molecular weight is 360 g/mol. The third-order valence-electron chi connectivity index (χ3n) is 4.41. The molecule has 2 rings (SSSR count). The molecule has 2 aromatic rings. The Hall–Kier alpha value is -2.83. The minimum Gasteiger partial charge on any atom is -0.548 e. The molecular formula is C19H22NO6-. The Kier molecular flexibility index (Phi) is 6.02. The summed E-state index contributed by atoms with van der Waals surface area (Å²) >= 11 is 0. The third kappa shape index (κ3) is 3.87. The van der Waals surface area contributed by atoms with Crippen LogP contribution in [0, 0.1) is 13.8 Å². The summed E-state index contributed by atoms with van der Waals surface area (Å²) in [6, 6.07) is 2.45. The monoisotopic (exact) mass is 360 g/mol. The van der Waals surface area contributed by atoms with E-state index in [2.05, 4.69) is 5.32 Å². The molecule has 1 N–H and O–H groups in total. The number of ether oxygens (including phenoxy) is 1. The Morgan fingerprint density at radius 1 is 1.27 bits per heavy atom. The van der Waals surface area contributed by atoms with E-state index in [0.717, 1.165) is 0 Å². The van der Waals surface area contributed by atoms with E-state index in [0.29, 0.717) is 34.3 Å². The van der Waals surface area contributed by atoms with E-state index >= 15 is 0 Å². The Morgan fingerprint density at radius 3 is 2.54 bits per heavy atom. The molecule has 0 bridgehead atoms. The molecule has 26 heavy (non-hydrogen) atoms. The van der Waals surface area contributed by atoms with Crippen LogP contribution in [0.15, 0.2) is 21.3 Å². The molecule has 0 unspecified atom stereocenters. The maximum absolute atomic E-state index is 12.4. The minimum atomic E-state index is -1.34. The van der Waals surface area contributed by atoms with Crippen LogP contribution in [0.2, 0.25) is 0 Å². The first-order valence-corrected chi connectivity index (χ1v) is 8.40. The lowest BCUT2D eigenvalue weighted by atomic mass is 10.0. The molecule has 0 spiro atoms. The minimum absolute atomic E-state index is 0.202. The predicted octanol–water partition coefficient (Wildman–Crippen LogP) is 0.996. The van der Waals surface area contributed by atoms with Crippen LogP contribution in [-0.2, 0) is 16.0 Å². The molecule has 0 aliphatic carbocycles. The molecule has 1 aromatic heterocycles. The van der Waals surface area contributed by atoms with Crippen LogP contribution in [0.5, 0.6) is 5.75 Å². The number of benzene rings is 1. The highest BCUT2D eigenvalue weighted by molar-refractivity contribution is 5.88. The third-order valence-corrected chi connectivity index (χ3v) is 4.41. The molecule has 1 aromatic carbocycles. The first-order valence-electron chi connectivity index (χ1n) is 8.40. The zero-order valence-electron chi connectivity index (χ0n) is 15.3. The number of carboxylic acids is 1. The molecule has 0 aliphatic heterocycles. The molecule has 0 aliphatic rings. The highest BCUT2D eigenvalue weighted by atomic mass is 16.5. The van der Waals surface area contributed by atoms with Crippen molar-refractivity contribution in [2.45, 2.75) is 46.1 Å². The number of carbonyl (C=O) groups is 2. The van der Waals surface area contributed by atoms with Crippen LogP contribution in [-0.4, -0.2) is 25.0 Å². The Balaban J connectivity index is 2.37. The number of hydrogen-bond donors (Lipinski definition) is 1. The van der Waals surface area contributed by atoms with E-state index in [1.807, 2.05) is 0 Å². The van der Waals surface area contributed by atoms with Gasteiger partial charge in [-0.2, -0.15) is 0 Å². The van der Waals surface area contributed by atoms with E-state index in [9.17, 15) is 19.5 Å². The van der Waals surface area contributed by atoms with Gasteiger partial charge in [0.25, 0.3) is 0 Å². The maximum Gasteiger partial charge on any atom is 0.340 e. The van der Waals surface area contributed by atoms with E-state index < -0.39 is 23.5 Å². The number of amides is 1. The first-order chi connectivity index (χ1) is 12.3. The number of aliphatic carboxylic acids is 1. The van der Waals surface area contributed by atoms with Crippen molar-refractivity contribution in [2.24, 2.45) is 0 Å². The largest absolute Gasteiger partial charge is 0.548 e. The number of rotatable bonds is 7. The number of nitrogens with one attached hydrogen (secondary N) is 1. The molecule has 0 fully saturated rings. The summed E-state index contributed by atoms with van der Waals surface area (Å²) in [6.45, 7) is 5.32. The van der Waals surface area contributed by atoms with Gasteiger partial charge in [-0.15, -0.1) is 0 Å². The fourth-order valence-corrected chi connectivity index (χ4v) is 2.94. The van der Waals surface area contributed by atoms with Crippen molar-refractivity contribution in [3.8, 4) is 5.75 Å². The van der Waals surface area contributed by atoms with Gasteiger partial charge in [0.1, 0.15) is 11.3 Å². The quantitative estimate of drug-likeness (QED) is 0.738. The predicted molar refractivity (Wildman–Crippen MR) is 94.1 cm³/mol. The zero-order valence-corrected chi connectivity index (χ0v) is 15.3. The SMILES string of the molecule is CCC[C@H](NC(=O)Cc1c(C)c2ccc(OC)c(C)c2oc1=O)C(=O)[O-]. The summed E-state index contributed by atoms with van der Waals surface area (Å²) in [5.74, 6) is -1.31. The molecule has 0 saturated heterocycles. The van der Waals surface area contributed by atoms with Crippen molar-refractivity contribution in [2.75, 3.05) is 7.11 Å². The number of aryl methyl sites for hydroxylation is 2. The smallest absolute Gasteiger partial charge is 0.340 e. The topological polar surface area (TPSA) is 109 Å². The van der Waals surface area contributed by atoms with Crippen molar-refractivity contribution >= 4 is 22.8 Å². The summed E-state index contributed by atoms with van der Waals surface area (Å²) < 4.78 is 10.6. The second-order valence-corrected chi connectivity index (χ2v) is 6.17. The molecule has 1 heterocycles. The van der Waals surface area contributed by atoms with Gasteiger partial charge in [0.2, 0.25) is 5.91 Å². The van der Waals surface area contributed by atoms with Gasteiger partial charge in [-0.25, -0.2) is 4.79 Å². The van der Waals surface area contributed by atoms with Crippen molar-refractivity contribution in [3.05, 3.63) is 39.2 Å². The van der Waals surface area contributed by atoms with Gasteiger partial charge < -0.3 is 24.4 Å². The van der Waals surface area contributed by atoms with Gasteiger partial charge >= 0.3 is 5.63 Å². The van der Waals surface area contributed by atoms with Gasteiger partial charge in [-0.1, -0.05) is 13.3 Å². The van der Waals surface area contributed by atoms with Crippen LogP contribution < -0.4 is 20.8 Å². The molecule has 0 saturated carbocycles. The lowest BCUT2D eigenvalue weighted by Crippen LogP contribution is -2.48. The summed E-state index contributed by atoms with van der Waals surface area (Å²) in [7, 11) is 1.53. The van der Waals surface area contributed by atoms with Crippen molar-refractivity contribution < 1.29 is 23.8 Å². The average Bonchev–Trinajstić information content (AvgIpc) is 2.59. The van der Waals surface area contributed by atoms with E-state index in [-0.39, 0.29) is 18.4 Å². The van der Waals surface area contributed by atoms with Crippen molar-refractivity contribution in [1.29, 1.82) is 0 Å². The summed E-state index contributed by atoms with van der Waals surface area (Å²) in [5, 5.41) is 14.2. The number of carboxylic acid groups (broad SMARTS) is 1. The number of fused-ring (bicyclic) bond motifs is 1. The molecule has 7 nitrogen and oxygen atoms in total. The first kappa shape index (κ1) is 19.5. The molecule has 1 atom stereocenters. The zero-order chi connectivity index (χ0) is 19.4. The Morgan fingerprint density at radius 2 is 1.96 bits per heavy atom. The van der Waals surface area contributed by atoms with Crippen molar-refractivity contribution in [3.63, 3.8) is 0 Å². The van der Waals surface area contributed by atoms with Gasteiger partial charge in [0.15, 0.2) is 0 Å². The van der Waals surface area contributed by atoms with Crippen LogP contribution in [0.3, 0.4) is 0 Å². The van der Waals surface area contributed by atoms with Crippen LogP contribution in [0.4, 0.5) is 0 Å². The highest BCUT2D eigenvalue weighted by Gasteiger charge is 2.19. The van der Waals surface area contributed by atoms with Crippen molar-refractivity contribution in [1.82, 2.24) is 5.32 Å². The van der Waals surface area contributed by atoms with Crippen LogP contribution in [0.25, 0.3) is 11.0 Å². The van der Waals surface area contributed by atoms with Crippen LogP contribution in [0.1, 0.15) is 36.5 Å². The van der Waals surface area contributed by atoms with E-state index in [4.69, 9.17) is 9.15 Å². The lowest BCUT2D eigenvalue weighted by Gasteiger charge is -2.19. The van der Waals surface area contributed by atoms with Gasteiger partial charge in [0.05, 0.1) is 31.1 Å². The fourth-order valence-electron chi connectivity index (χ4n) is 2.94. The van der Waals surface area contributed by atoms with E-state index in [1.165, 1.54) is 7.11 Å². The van der Waals surface area contributed by atoms with Gasteiger partial charge in [0, 0.05) is 10.9 Å². The van der Waals surface area contributed by atoms with Crippen LogP contribution >= 0.6 is 0 Å². The summed E-state index contributed by atoms with van der Waals surface area (Å²) in [5.41, 5.74) is 1.31. The molecular weight excluding hydrogens is 338 g/mol. The summed E-state index contributed by atoms with van der Waals surface area (Å²) in [6.07, 6.45) is 0.582.